The summed E-state index contributed by atoms with van der Waals surface area (Å²) in [6.07, 6.45) is 4.77. The maximum Gasteiger partial charge on any atom is 0.408 e. The number of carbonyl (C=O) groups is 1. The Kier molecular flexibility index (Phi) is 6.17. The Balaban J connectivity index is 2.39. The van der Waals surface area contributed by atoms with E-state index in [0.717, 1.165) is 11.1 Å². The Morgan fingerprint density at radius 3 is 2.44 bits per heavy atom. The third-order valence-electron chi connectivity index (χ3n) is 4.25. The average Bonchev–Trinajstić information content (AvgIpc) is 2.51. The Morgan fingerprint density at radius 1 is 1.26 bits per heavy atom. The van der Waals surface area contributed by atoms with Gasteiger partial charge in [-0.25, -0.2) is 4.79 Å². The highest BCUT2D eigenvalue weighted by Gasteiger charge is 2.46. The molecule has 0 saturated carbocycles. The van der Waals surface area contributed by atoms with Crippen molar-refractivity contribution in [3.63, 3.8) is 0 Å². The van der Waals surface area contributed by atoms with Crippen molar-refractivity contribution in [3.05, 3.63) is 59.7 Å². The zero-order valence-corrected chi connectivity index (χ0v) is 16.9. The molecule has 1 amide bonds. The molecule has 7 heteroatoms. The molecule has 1 aliphatic carbocycles. The van der Waals surface area contributed by atoms with E-state index in [1.807, 2.05) is 37.3 Å². The van der Waals surface area contributed by atoms with E-state index in [-0.39, 0.29) is 6.42 Å². The van der Waals surface area contributed by atoms with Crippen LogP contribution in [-0.2, 0) is 21.3 Å². The lowest BCUT2D eigenvalue weighted by molar-refractivity contribution is 0.0474. The first kappa shape index (κ1) is 21.2. The van der Waals surface area contributed by atoms with E-state index >= 15 is 0 Å². The van der Waals surface area contributed by atoms with Gasteiger partial charge in [-0.15, -0.1) is 0 Å². The molecule has 0 radical (unpaired) electrons. The lowest BCUT2D eigenvalue weighted by Crippen LogP contribution is -2.59. The summed E-state index contributed by atoms with van der Waals surface area (Å²) in [7, 11) is -4.45. The van der Waals surface area contributed by atoms with Crippen LogP contribution < -0.4 is 5.32 Å². The Bertz CT molecular complexity index is 837. The molecule has 27 heavy (non-hydrogen) atoms. The van der Waals surface area contributed by atoms with Gasteiger partial charge in [0.25, 0.3) is 10.1 Å². The standard InChI is InChI=1S/C20H27NO5S/c1-15-10-11-17(27(23,24)25)20(14-15,21-18(22)26-19(2,3)4)13-12-16-8-6-5-7-9-16/h5-11,14,17H,12-13H2,1-4H3,(H,21,22)(H,23,24,25). The van der Waals surface area contributed by atoms with E-state index in [9.17, 15) is 17.8 Å². The number of benzene rings is 1. The van der Waals surface area contributed by atoms with Crippen molar-refractivity contribution in [2.75, 3.05) is 0 Å². The van der Waals surface area contributed by atoms with Gasteiger partial charge in [-0.1, -0.05) is 54.1 Å². The fourth-order valence-electron chi connectivity index (χ4n) is 3.19. The second-order valence-electron chi connectivity index (χ2n) is 7.84. The number of allylic oxidation sites excluding steroid dienone is 2. The summed E-state index contributed by atoms with van der Waals surface area (Å²) < 4.78 is 39.3. The van der Waals surface area contributed by atoms with Gasteiger partial charge in [-0.05, 0) is 46.1 Å². The Morgan fingerprint density at radius 2 is 1.89 bits per heavy atom. The molecule has 0 heterocycles. The third-order valence-corrected chi connectivity index (χ3v) is 5.47. The molecule has 1 aromatic carbocycles. The third kappa shape index (κ3) is 5.94. The van der Waals surface area contributed by atoms with Gasteiger partial charge in [0.15, 0.2) is 0 Å². The minimum atomic E-state index is -4.45. The molecule has 0 aliphatic heterocycles. The Hall–Kier alpha value is -2.12. The second kappa shape index (κ2) is 7.86. The fraction of sp³-hybridized carbons (Fsp3) is 0.450. The molecule has 0 aromatic heterocycles. The lowest BCUT2D eigenvalue weighted by atomic mass is 9.82. The normalized spacial score (nSPS) is 22.9. The van der Waals surface area contributed by atoms with Gasteiger partial charge in [0.05, 0.1) is 5.54 Å². The predicted octanol–water partition coefficient (Wildman–Crippen LogP) is 3.66. The summed E-state index contributed by atoms with van der Waals surface area (Å²) in [6.45, 7) is 6.99. The van der Waals surface area contributed by atoms with Gasteiger partial charge >= 0.3 is 6.09 Å². The van der Waals surface area contributed by atoms with Crippen molar-refractivity contribution in [1.29, 1.82) is 0 Å². The minimum Gasteiger partial charge on any atom is -0.444 e. The van der Waals surface area contributed by atoms with Gasteiger partial charge < -0.3 is 10.1 Å². The molecule has 0 saturated heterocycles. The maximum absolute atomic E-state index is 12.5. The van der Waals surface area contributed by atoms with Gasteiger partial charge in [0, 0.05) is 0 Å². The maximum atomic E-state index is 12.5. The molecule has 1 aliphatic rings. The second-order valence-corrected chi connectivity index (χ2v) is 9.37. The van der Waals surface area contributed by atoms with Crippen molar-refractivity contribution in [1.82, 2.24) is 5.32 Å². The molecule has 2 N–H and O–H groups in total. The SMILES string of the molecule is CC1=CC(CCc2ccccc2)(NC(=O)OC(C)(C)C)C(S(=O)(=O)O)C=C1. The summed E-state index contributed by atoms with van der Waals surface area (Å²) in [5.74, 6) is 0. The first-order valence-electron chi connectivity index (χ1n) is 8.80. The number of alkyl carbamates (subject to hydrolysis) is 1. The number of rotatable bonds is 5. The fourth-order valence-corrected chi connectivity index (χ4v) is 4.24. The molecule has 6 nitrogen and oxygen atoms in total. The number of hydrogen-bond acceptors (Lipinski definition) is 4. The van der Waals surface area contributed by atoms with E-state index in [2.05, 4.69) is 5.32 Å². The summed E-state index contributed by atoms with van der Waals surface area (Å²) in [6, 6.07) is 9.54. The lowest BCUT2D eigenvalue weighted by Gasteiger charge is -2.39. The Labute approximate surface area is 161 Å². The highest BCUT2D eigenvalue weighted by molar-refractivity contribution is 7.86. The van der Waals surface area contributed by atoms with Gasteiger partial charge in [-0.3, -0.25) is 4.55 Å². The molecule has 148 valence electrons. The molecular weight excluding hydrogens is 366 g/mol. The first-order chi connectivity index (χ1) is 12.4. The summed E-state index contributed by atoms with van der Waals surface area (Å²) in [5.41, 5.74) is -0.261. The summed E-state index contributed by atoms with van der Waals surface area (Å²) in [5, 5.41) is 1.42. The van der Waals surface area contributed by atoms with Gasteiger partial charge in [0.2, 0.25) is 0 Å². The molecule has 1 aromatic rings. The van der Waals surface area contributed by atoms with Crippen molar-refractivity contribution in [3.8, 4) is 0 Å². The number of ether oxygens (including phenoxy) is 1. The van der Waals surface area contributed by atoms with Gasteiger partial charge in [-0.2, -0.15) is 8.42 Å². The van der Waals surface area contributed by atoms with Crippen LogP contribution in [-0.4, -0.2) is 35.5 Å². The van der Waals surface area contributed by atoms with E-state index < -0.39 is 32.6 Å². The van der Waals surface area contributed by atoms with Crippen LogP contribution in [0.3, 0.4) is 0 Å². The van der Waals surface area contributed by atoms with Crippen molar-refractivity contribution < 1.29 is 22.5 Å². The number of carbonyl (C=O) groups excluding carboxylic acids is 1. The van der Waals surface area contributed by atoms with Crippen LogP contribution in [0, 0.1) is 0 Å². The van der Waals surface area contributed by atoms with E-state index in [4.69, 9.17) is 4.74 Å². The quantitative estimate of drug-likeness (QED) is 0.745. The topological polar surface area (TPSA) is 92.7 Å². The van der Waals surface area contributed by atoms with Crippen LogP contribution >= 0.6 is 0 Å². The largest absolute Gasteiger partial charge is 0.444 e. The van der Waals surface area contributed by atoms with Crippen LogP contribution in [0.1, 0.15) is 39.7 Å². The average molecular weight is 394 g/mol. The van der Waals surface area contributed by atoms with Crippen LogP contribution in [0.4, 0.5) is 4.79 Å². The molecule has 0 spiro atoms. The van der Waals surface area contributed by atoms with Crippen LogP contribution in [0.5, 0.6) is 0 Å². The number of nitrogens with one attached hydrogen (secondary N) is 1. The van der Waals surface area contributed by atoms with Crippen molar-refractivity contribution >= 4 is 16.2 Å². The van der Waals surface area contributed by atoms with E-state index in [1.54, 1.807) is 32.9 Å². The molecular formula is C20H27NO5S. The predicted molar refractivity (Wildman–Crippen MR) is 105 cm³/mol. The van der Waals surface area contributed by atoms with Gasteiger partial charge in [0.1, 0.15) is 10.9 Å². The highest BCUT2D eigenvalue weighted by Crippen LogP contribution is 2.32. The number of amides is 1. The molecule has 2 unspecified atom stereocenters. The highest BCUT2D eigenvalue weighted by atomic mass is 32.2. The molecule has 0 fully saturated rings. The first-order valence-corrected chi connectivity index (χ1v) is 10.3. The van der Waals surface area contributed by atoms with Crippen molar-refractivity contribution in [2.24, 2.45) is 0 Å². The van der Waals surface area contributed by atoms with Crippen molar-refractivity contribution in [2.45, 2.75) is 56.9 Å². The van der Waals surface area contributed by atoms with E-state index in [0.29, 0.717) is 6.42 Å². The number of aryl methyl sites for hydroxylation is 1. The van der Waals surface area contributed by atoms with Crippen LogP contribution in [0.2, 0.25) is 0 Å². The van der Waals surface area contributed by atoms with Crippen LogP contribution in [0.25, 0.3) is 0 Å². The van der Waals surface area contributed by atoms with Crippen LogP contribution in [0.15, 0.2) is 54.1 Å². The number of hydrogen-bond donors (Lipinski definition) is 2. The minimum absolute atomic E-state index is 0.280. The summed E-state index contributed by atoms with van der Waals surface area (Å²) >= 11 is 0. The molecule has 0 bridgehead atoms. The summed E-state index contributed by atoms with van der Waals surface area (Å²) in [4.78, 5) is 12.5. The van der Waals surface area contributed by atoms with E-state index in [1.165, 1.54) is 6.08 Å². The smallest absolute Gasteiger partial charge is 0.408 e. The zero-order valence-electron chi connectivity index (χ0n) is 16.1. The molecule has 2 atom stereocenters. The monoisotopic (exact) mass is 393 g/mol. The molecule has 2 rings (SSSR count). The zero-order chi connectivity index (χ0) is 20.3.